The van der Waals surface area contributed by atoms with Crippen molar-refractivity contribution in [3.05, 3.63) is 29.8 Å². The molecule has 0 unspecified atom stereocenters. The predicted molar refractivity (Wildman–Crippen MR) is 86.3 cm³/mol. The molecule has 2 atom stereocenters. The summed E-state index contributed by atoms with van der Waals surface area (Å²) in [5.74, 6) is 1.29. The van der Waals surface area contributed by atoms with Crippen LogP contribution in [0.5, 0.6) is 0 Å². The lowest BCUT2D eigenvalue weighted by Gasteiger charge is -2.33. The summed E-state index contributed by atoms with van der Waals surface area (Å²) < 4.78 is 0. The Kier molecular flexibility index (Phi) is 4.18. The van der Waals surface area contributed by atoms with Crippen LogP contribution in [0.25, 0.3) is 0 Å². The van der Waals surface area contributed by atoms with Crippen LogP contribution in [0.4, 0.5) is 5.69 Å². The van der Waals surface area contributed by atoms with E-state index < -0.39 is 0 Å². The Morgan fingerprint density at radius 3 is 2.57 bits per heavy atom. The lowest BCUT2D eigenvalue weighted by Crippen LogP contribution is -2.34. The molecule has 0 aromatic heterocycles. The van der Waals surface area contributed by atoms with Crippen molar-refractivity contribution < 1.29 is 4.79 Å². The lowest BCUT2D eigenvalue weighted by atomic mass is 9.99. The molecule has 1 aromatic rings. The summed E-state index contributed by atoms with van der Waals surface area (Å²) in [5, 5.41) is 3.11. The maximum Gasteiger partial charge on any atom is 0.223 e. The van der Waals surface area contributed by atoms with Gasteiger partial charge in [0.15, 0.2) is 0 Å². The van der Waals surface area contributed by atoms with Gasteiger partial charge >= 0.3 is 0 Å². The van der Waals surface area contributed by atoms with Crippen molar-refractivity contribution >= 4 is 11.6 Å². The van der Waals surface area contributed by atoms with E-state index in [0.717, 1.165) is 31.8 Å². The van der Waals surface area contributed by atoms with Gasteiger partial charge in [0.2, 0.25) is 5.91 Å². The highest BCUT2D eigenvalue weighted by Crippen LogP contribution is 2.30. The zero-order valence-electron chi connectivity index (χ0n) is 13.1. The summed E-state index contributed by atoms with van der Waals surface area (Å²) in [7, 11) is 0. The Morgan fingerprint density at radius 1 is 1.24 bits per heavy atom. The van der Waals surface area contributed by atoms with Crippen molar-refractivity contribution in [1.82, 2.24) is 5.32 Å². The zero-order chi connectivity index (χ0) is 14.8. The van der Waals surface area contributed by atoms with Gasteiger partial charge in [0.05, 0.1) is 6.04 Å². The van der Waals surface area contributed by atoms with Crippen LogP contribution in [-0.2, 0) is 4.79 Å². The molecule has 2 fully saturated rings. The summed E-state index contributed by atoms with van der Waals surface area (Å²) in [5.41, 5.74) is 2.50. The fourth-order valence-electron chi connectivity index (χ4n) is 3.16. The maximum atomic E-state index is 11.8. The predicted octanol–water partition coefficient (Wildman–Crippen LogP) is 3.51. The fraction of sp³-hybridized carbons (Fsp3) is 0.611. The number of carbonyl (C=O) groups excluding carboxylic acids is 1. The van der Waals surface area contributed by atoms with Gasteiger partial charge in [-0.15, -0.1) is 0 Å². The first-order valence-electron chi connectivity index (χ1n) is 8.29. The molecular formula is C18H26N2O. The average molecular weight is 286 g/mol. The molecule has 21 heavy (non-hydrogen) atoms. The highest BCUT2D eigenvalue weighted by molar-refractivity contribution is 5.81. The normalized spacial score (nSPS) is 23.7. The van der Waals surface area contributed by atoms with E-state index in [4.69, 9.17) is 0 Å². The van der Waals surface area contributed by atoms with Crippen molar-refractivity contribution in [2.45, 2.75) is 45.6 Å². The van der Waals surface area contributed by atoms with Gasteiger partial charge < -0.3 is 10.2 Å². The molecule has 3 heteroatoms. The number of piperidine rings is 1. The molecule has 1 aliphatic carbocycles. The van der Waals surface area contributed by atoms with E-state index in [1.165, 1.54) is 24.1 Å². The summed E-state index contributed by atoms with van der Waals surface area (Å²) in [4.78, 5) is 14.3. The van der Waals surface area contributed by atoms with Gasteiger partial charge in [-0.05, 0) is 56.2 Å². The number of nitrogens with zero attached hydrogens (tertiary/aromatic N) is 1. The van der Waals surface area contributed by atoms with Crippen molar-refractivity contribution in [1.29, 1.82) is 0 Å². The zero-order valence-corrected chi connectivity index (χ0v) is 13.1. The van der Waals surface area contributed by atoms with Gasteiger partial charge in [0, 0.05) is 24.7 Å². The molecule has 114 valence electrons. The van der Waals surface area contributed by atoms with Crippen LogP contribution in [0.3, 0.4) is 0 Å². The van der Waals surface area contributed by atoms with Crippen LogP contribution in [0.2, 0.25) is 0 Å². The topological polar surface area (TPSA) is 32.3 Å². The first-order valence-corrected chi connectivity index (χ1v) is 8.29. The lowest BCUT2D eigenvalue weighted by molar-refractivity contribution is -0.122. The number of rotatable bonds is 4. The first kappa shape index (κ1) is 14.4. The smallest absolute Gasteiger partial charge is 0.223 e. The summed E-state index contributed by atoms with van der Waals surface area (Å²) in [6, 6.07) is 8.83. The van der Waals surface area contributed by atoms with Gasteiger partial charge in [-0.2, -0.15) is 0 Å². The number of hydrogen-bond donors (Lipinski definition) is 1. The molecule has 1 amide bonds. The second-order valence-electron chi connectivity index (χ2n) is 6.79. The third-order valence-corrected chi connectivity index (χ3v) is 4.72. The SMILES string of the molecule is C[C@H]1CCCN(c2ccc([C@@H](C)NC(=O)C3CC3)cc2)C1. The minimum absolute atomic E-state index is 0.104. The molecule has 0 spiro atoms. The molecule has 1 aromatic carbocycles. The van der Waals surface area contributed by atoms with Gasteiger partial charge in [0.25, 0.3) is 0 Å². The number of nitrogens with one attached hydrogen (secondary N) is 1. The van der Waals surface area contributed by atoms with Crippen LogP contribution in [-0.4, -0.2) is 19.0 Å². The van der Waals surface area contributed by atoms with Gasteiger partial charge in [-0.3, -0.25) is 4.79 Å². The van der Waals surface area contributed by atoms with Crippen LogP contribution >= 0.6 is 0 Å². The third-order valence-electron chi connectivity index (χ3n) is 4.72. The number of amides is 1. The molecule has 3 nitrogen and oxygen atoms in total. The van der Waals surface area contributed by atoms with E-state index in [1.54, 1.807) is 0 Å². The standard InChI is InChI=1S/C18H26N2O/c1-13-4-3-11-20(12-13)17-9-7-15(8-10-17)14(2)19-18(21)16-5-6-16/h7-10,13-14,16H,3-6,11-12H2,1-2H3,(H,19,21)/t13-,14+/m0/s1. The van der Waals surface area contributed by atoms with Gasteiger partial charge in [-0.1, -0.05) is 19.1 Å². The Balaban J connectivity index is 1.61. The monoisotopic (exact) mass is 286 g/mol. The molecule has 1 saturated heterocycles. The van der Waals surface area contributed by atoms with E-state index in [-0.39, 0.29) is 17.9 Å². The second-order valence-corrected chi connectivity index (χ2v) is 6.79. The van der Waals surface area contributed by atoms with Gasteiger partial charge in [-0.25, -0.2) is 0 Å². The van der Waals surface area contributed by atoms with Crippen LogP contribution < -0.4 is 10.2 Å². The number of benzene rings is 1. The molecule has 3 rings (SSSR count). The van der Waals surface area contributed by atoms with E-state index in [2.05, 4.69) is 48.3 Å². The molecule has 0 bridgehead atoms. The molecule has 2 aliphatic rings. The van der Waals surface area contributed by atoms with Crippen LogP contribution in [0.1, 0.15) is 51.1 Å². The molecule has 1 aliphatic heterocycles. The molecule has 0 radical (unpaired) electrons. The van der Waals surface area contributed by atoms with E-state index in [9.17, 15) is 4.79 Å². The minimum atomic E-state index is 0.104. The quantitative estimate of drug-likeness (QED) is 0.918. The average Bonchev–Trinajstić information content (AvgIpc) is 3.32. The Bertz CT molecular complexity index is 492. The third kappa shape index (κ3) is 3.58. The van der Waals surface area contributed by atoms with Gasteiger partial charge in [0.1, 0.15) is 0 Å². The summed E-state index contributed by atoms with van der Waals surface area (Å²) in [6.07, 6.45) is 4.75. The Morgan fingerprint density at radius 2 is 1.95 bits per heavy atom. The van der Waals surface area contributed by atoms with Crippen molar-refractivity contribution in [3.8, 4) is 0 Å². The number of carbonyl (C=O) groups is 1. The van der Waals surface area contributed by atoms with Crippen LogP contribution in [0, 0.1) is 11.8 Å². The number of hydrogen-bond acceptors (Lipinski definition) is 2. The molecule has 1 heterocycles. The largest absolute Gasteiger partial charge is 0.371 e. The fourth-order valence-corrected chi connectivity index (χ4v) is 3.16. The van der Waals surface area contributed by atoms with Crippen LogP contribution in [0.15, 0.2) is 24.3 Å². The van der Waals surface area contributed by atoms with E-state index in [0.29, 0.717) is 0 Å². The minimum Gasteiger partial charge on any atom is -0.371 e. The van der Waals surface area contributed by atoms with E-state index in [1.807, 2.05) is 0 Å². The Hall–Kier alpha value is -1.51. The van der Waals surface area contributed by atoms with Crippen molar-refractivity contribution in [3.63, 3.8) is 0 Å². The number of anilines is 1. The molecular weight excluding hydrogens is 260 g/mol. The highest BCUT2D eigenvalue weighted by Gasteiger charge is 2.30. The second kappa shape index (κ2) is 6.08. The Labute approximate surface area is 127 Å². The van der Waals surface area contributed by atoms with E-state index >= 15 is 0 Å². The summed E-state index contributed by atoms with van der Waals surface area (Å²) in [6.45, 7) is 6.72. The maximum absolute atomic E-state index is 11.8. The first-order chi connectivity index (χ1) is 10.1. The molecule has 1 N–H and O–H groups in total. The van der Waals surface area contributed by atoms with Crippen molar-refractivity contribution in [2.75, 3.05) is 18.0 Å². The molecule has 1 saturated carbocycles. The van der Waals surface area contributed by atoms with Crippen molar-refractivity contribution in [2.24, 2.45) is 11.8 Å². The highest BCUT2D eigenvalue weighted by atomic mass is 16.2. The summed E-state index contributed by atoms with van der Waals surface area (Å²) >= 11 is 0.